The Bertz CT molecular complexity index is 867. The fourth-order valence-corrected chi connectivity index (χ4v) is 3.06. The van der Waals surface area contributed by atoms with Crippen molar-refractivity contribution in [3.8, 4) is 22.7 Å². The summed E-state index contributed by atoms with van der Waals surface area (Å²) in [7, 11) is 1.64. The van der Waals surface area contributed by atoms with Crippen LogP contribution >= 0.6 is 15.9 Å². The molecule has 0 saturated heterocycles. The van der Waals surface area contributed by atoms with Gasteiger partial charge in [0.15, 0.2) is 0 Å². The normalized spacial score (nSPS) is 10.6. The molecule has 0 spiro atoms. The first kappa shape index (κ1) is 17.3. The smallest absolute Gasteiger partial charge is 0.303 e. The van der Waals surface area contributed by atoms with E-state index < -0.39 is 5.97 Å². The fourth-order valence-electron chi connectivity index (χ4n) is 2.79. The van der Waals surface area contributed by atoms with E-state index in [0.717, 1.165) is 32.9 Å². The molecule has 0 radical (unpaired) electrons. The molecule has 2 aromatic carbocycles. The number of carboxylic acid groups (broad SMARTS) is 1. The Morgan fingerprint density at radius 1 is 1.04 bits per heavy atom. The Morgan fingerprint density at radius 2 is 1.72 bits per heavy atom. The van der Waals surface area contributed by atoms with E-state index in [2.05, 4.69) is 20.5 Å². The number of nitrogens with zero attached hydrogens (tertiary/aromatic N) is 1. The van der Waals surface area contributed by atoms with Crippen molar-refractivity contribution in [3.05, 3.63) is 70.8 Å². The lowest BCUT2D eigenvalue weighted by Gasteiger charge is -2.14. The number of aryl methyl sites for hydroxylation is 1. The van der Waals surface area contributed by atoms with E-state index in [4.69, 9.17) is 9.84 Å². The Kier molecular flexibility index (Phi) is 5.24. The maximum absolute atomic E-state index is 11.0. The van der Waals surface area contributed by atoms with Gasteiger partial charge in [0.25, 0.3) is 0 Å². The summed E-state index contributed by atoms with van der Waals surface area (Å²) in [5, 5.41) is 9.03. The van der Waals surface area contributed by atoms with Gasteiger partial charge in [0.1, 0.15) is 5.75 Å². The van der Waals surface area contributed by atoms with Crippen LogP contribution in [0.5, 0.6) is 5.75 Å². The van der Waals surface area contributed by atoms with Gasteiger partial charge in [-0.1, -0.05) is 28.1 Å². The first-order valence-corrected chi connectivity index (χ1v) is 8.70. The number of hydrogen-bond donors (Lipinski definition) is 1. The highest BCUT2D eigenvalue weighted by Crippen LogP contribution is 2.29. The number of aliphatic carboxylic acids is 1. The number of benzene rings is 2. The summed E-state index contributed by atoms with van der Waals surface area (Å²) >= 11 is 3.46. The molecule has 3 aromatic rings. The van der Waals surface area contributed by atoms with E-state index in [-0.39, 0.29) is 6.42 Å². The van der Waals surface area contributed by atoms with Gasteiger partial charge < -0.3 is 14.4 Å². The van der Waals surface area contributed by atoms with Crippen molar-refractivity contribution in [1.29, 1.82) is 0 Å². The maximum Gasteiger partial charge on any atom is 0.303 e. The molecule has 0 saturated carbocycles. The third kappa shape index (κ3) is 3.94. The van der Waals surface area contributed by atoms with Gasteiger partial charge in [-0.2, -0.15) is 0 Å². The van der Waals surface area contributed by atoms with Gasteiger partial charge in [-0.05, 0) is 60.5 Å². The molecule has 1 aromatic heterocycles. The molecule has 0 fully saturated rings. The summed E-state index contributed by atoms with van der Waals surface area (Å²) in [5.74, 6) is -0.0131. The summed E-state index contributed by atoms with van der Waals surface area (Å²) in [6.07, 6.45) is 0.567. The third-order valence-electron chi connectivity index (χ3n) is 4.03. The van der Waals surface area contributed by atoms with E-state index in [0.29, 0.717) is 6.42 Å². The molecule has 0 bridgehead atoms. The third-order valence-corrected chi connectivity index (χ3v) is 4.56. The van der Waals surface area contributed by atoms with Crippen LogP contribution in [0, 0.1) is 0 Å². The van der Waals surface area contributed by atoms with E-state index in [9.17, 15) is 4.79 Å². The van der Waals surface area contributed by atoms with Gasteiger partial charge in [-0.25, -0.2) is 0 Å². The minimum atomic E-state index is -0.798. The van der Waals surface area contributed by atoms with Gasteiger partial charge >= 0.3 is 5.97 Å². The standard InChI is InChI=1S/C20H18BrNO3/c1-25-18-10-6-16(7-11-18)22-17(9-13-20(23)24)8-12-19(22)14-2-4-15(21)5-3-14/h2-8,10-12H,9,13H2,1H3,(H,23,24). The number of hydrogen-bond acceptors (Lipinski definition) is 2. The predicted octanol–water partition coefficient (Wildman–Crippen LogP) is 4.93. The molecule has 1 N–H and O–H groups in total. The second kappa shape index (κ2) is 7.57. The zero-order valence-corrected chi connectivity index (χ0v) is 15.4. The van der Waals surface area contributed by atoms with Crippen LogP contribution in [0.4, 0.5) is 0 Å². The molecule has 1 heterocycles. The van der Waals surface area contributed by atoms with Crippen LogP contribution < -0.4 is 4.74 Å². The SMILES string of the molecule is COc1ccc(-n2c(CCC(=O)O)ccc2-c2ccc(Br)cc2)cc1. The van der Waals surface area contributed by atoms with Gasteiger partial charge in [-0.3, -0.25) is 4.79 Å². The summed E-state index contributed by atoms with van der Waals surface area (Å²) in [6, 6.07) is 19.9. The van der Waals surface area contributed by atoms with Crippen LogP contribution in [0.25, 0.3) is 16.9 Å². The minimum Gasteiger partial charge on any atom is -0.497 e. The first-order valence-electron chi connectivity index (χ1n) is 7.91. The average molecular weight is 400 g/mol. The van der Waals surface area contributed by atoms with E-state index in [1.165, 1.54) is 0 Å². The monoisotopic (exact) mass is 399 g/mol. The lowest BCUT2D eigenvalue weighted by Crippen LogP contribution is -2.05. The molecule has 4 nitrogen and oxygen atoms in total. The van der Waals surface area contributed by atoms with Crippen LogP contribution in [-0.4, -0.2) is 22.8 Å². The van der Waals surface area contributed by atoms with E-state index in [1.807, 2.05) is 60.7 Å². The predicted molar refractivity (Wildman–Crippen MR) is 101 cm³/mol. The zero-order valence-electron chi connectivity index (χ0n) is 13.8. The second-order valence-electron chi connectivity index (χ2n) is 5.64. The molecule has 25 heavy (non-hydrogen) atoms. The molecular weight excluding hydrogens is 382 g/mol. The number of aromatic nitrogens is 1. The van der Waals surface area contributed by atoms with E-state index >= 15 is 0 Å². The lowest BCUT2D eigenvalue weighted by molar-refractivity contribution is -0.136. The second-order valence-corrected chi connectivity index (χ2v) is 6.56. The van der Waals surface area contributed by atoms with Crippen LogP contribution in [0.15, 0.2) is 65.1 Å². The van der Waals surface area contributed by atoms with Gasteiger partial charge in [0.2, 0.25) is 0 Å². The van der Waals surface area contributed by atoms with Gasteiger partial charge in [0, 0.05) is 15.9 Å². The van der Waals surface area contributed by atoms with Crippen molar-refractivity contribution >= 4 is 21.9 Å². The number of ether oxygens (including phenoxy) is 1. The van der Waals surface area contributed by atoms with Crippen LogP contribution in [0.2, 0.25) is 0 Å². The number of carboxylic acids is 1. The molecule has 3 rings (SSSR count). The first-order chi connectivity index (χ1) is 12.1. The molecule has 0 amide bonds. The average Bonchev–Trinajstić information content (AvgIpc) is 3.04. The van der Waals surface area contributed by atoms with Crippen molar-refractivity contribution in [1.82, 2.24) is 4.57 Å². The molecule has 5 heteroatoms. The highest BCUT2D eigenvalue weighted by molar-refractivity contribution is 9.10. The van der Waals surface area contributed by atoms with Crippen molar-refractivity contribution in [3.63, 3.8) is 0 Å². The Hall–Kier alpha value is -2.53. The molecule has 0 unspecified atom stereocenters. The quantitative estimate of drug-likeness (QED) is 0.638. The summed E-state index contributed by atoms with van der Waals surface area (Å²) in [6.45, 7) is 0. The molecule has 0 atom stereocenters. The number of carbonyl (C=O) groups is 1. The van der Waals surface area contributed by atoms with Crippen LogP contribution in [0.3, 0.4) is 0 Å². The maximum atomic E-state index is 11.0. The van der Waals surface area contributed by atoms with E-state index in [1.54, 1.807) is 7.11 Å². The van der Waals surface area contributed by atoms with Crippen molar-refractivity contribution < 1.29 is 14.6 Å². The molecular formula is C20H18BrNO3. The molecule has 128 valence electrons. The van der Waals surface area contributed by atoms with Crippen LogP contribution in [0.1, 0.15) is 12.1 Å². The van der Waals surface area contributed by atoms with Crippen LogP contribution in [-0.2, 0) is 11.2 Å². The Balaban J connectivity index is 2.08. The Morgan fingerprint density at radius 3 is 2.32 bits per heavy atom. The lowest BCUT2D eigenvalue weighted by atomic mass is 10.1. The number of rotatable bonds is 6. The number of halogens is 1. The largest absolute Gasteiger partial charge is 0.497 e. The highest BCUT2D eigenvalue weighted by atomic mass is 79.9. The fraction of sp³-hybridized carbons (Fsp3) is 0.150. The molecule has 0 aliphatic carbocycles. The van der Waals surface area contributed by atoms with Gasteiger partial charge in [0.05, 0.1) is 19.2 Å². The Labute approximate surface area is 154 Å². The highest BCUT2D eigenvalue weighted by Gasteiger charge is 2.13. The summed E-state index contributed by atoms with van der Waals surface area (Å²) < 4.78 is 8.35. The number of methoxy groups -OCH3 is 1. The zero-order chi connectivity index (χ0) is 17.8. The minimum absolute atomic E-state index is 0.0972. The molecule has 0 aliphatic rings. The van der Waals surface area contributed by atoms with Crippen molar-refractivity contribution in [2.75, 3.05) is 7.11 Å². The summed E-state index contributed by atoms with van der Waals surface area (Å²) in [4.78, 5) is 11.0. The van der Waals surface area contributed by atoms with Gasteiger partial charge in [-0.15, -0.1) is 0 Å². The topological polar surface area (TPSA) is 51.5 Å². The summed E-state index contributed by atoms with van der Waals surface area (Å²) in [5.41, 5.74) is 4.04. The van der Waals surface area contributed by atoms with Crippen molar-refractivity contribution in [2.24, 2.45) is 0 Å². The van der Waals surface area contributed by atoms with Crippen molar-refractivity contribution in [2.45, 2.75) is 12.8 Å². The molecule has 0 aliphatic heterocycles.